The van der Waals surface area contributed by atoms with Crippen molar-refractivity contribution in [3.05, 3.63) is 0 Å². The number of aliphatic hydroxyl groups is 1. The minimum absolute atomic E-state index is 0.00553. The maximum atomic E-state index is 13.0. The Balaban J connectivity index is 0.994. The average molecular weight is 727 g/mol. The molecule has 2 amide bonds. The van der Waals surface area contributed by atoms with E-state index in [0.717, 1.165) is 45.2 Å². The predicted octanol–water partition coefficient (Wildman–Crippen LogP) is 7.28. The molecule has 9 heteroatoms. The second-order valence-electron chi connectivity index (χ2n) is 20.9. The molecule has 0 bridgehead atoms. The van der Waals surface area contributed by atoms with Gasteiger partial charge >= 0.3 is 6.09 Å². The van der Waals surface area contributed by atoms with Gasteiger partial charge in [0.05, 0.1) is 37.6 Å². The van der Waals surface area contributed by atoms with Crippen molar-refractivity contribution in [2.45, 2.75) is 163 Å². The lowest BCUT2D eigenvalue weighted by molar-refractivity contribution is -0.248. The van der Waals surface area contributed by atoms with E-state index in [2.05, 4.69) is 62.3 Å². The van der Waals surface area contributed by atoms with Gasteiger partial charge in [0.2, 0.25) is 5.91 Å². The van der Waals surface area contributed by atoms with Gasteiger partial charge in [0.1, 0.15) is 6.10 Å². The number of likely N-dealkylation sites (tertiary alicyclic amines) is 1. The Morgan fingerprint density at radius 1 is 0.923 bits per heavy atom. The van der Waals surface area contributed by atoms with Crippen LogP contribution in [0.25, 0.3) is 0 Å². The van der Waals surface area contributed by atoms with Gasteiger partial charge in [-0.25, -0.2) is 4.79 Å². The first kappa shape index (κ1) is 37.5. The van der Waals surface area contributed by atoms with Crippen LogP contribution in [-0.2, 0) is 23.7 Å². The first-order valence-corrected chi connectivity index (χ1v) is 21.3. The minimum Gasteiger partial charge on any atom is -0.443 e. The normalized spacial score (nSPS) is 48.1. The van der Waals surface area contributed by atoms with E-state index >= 15 is 0 Å². The highest BCUT2D eigenvalue weighted by Crippen LogP contribution is 2.89. The molecule has 3 saturated heterocycles. The van der Waals surface area contributed by atoms with Gasteiger partial charge in [-0.3, -0.25) is 4.79 Å². The second kappa shape index (κ2) is 12.8. The fourth-order valence-electron chi connectivity index (χ4n) is 14.7. The molecular formula is C43H70N2O7. The van der Waals surface area contributed by atoms with Crippen LogP contribution < -0.4 is 0 Å². The molecule has 8 fully saturated rings. The molecule has 8 rings (SSSR count). The zero-order chi connectivity index (χ0) is 37.2. The summed E-state index contributed by atoms with van der Waals surface area (Å²) < 4.78 is 26.2. The van der Waals surface area contributed by atoms with Crippen molar-refractivity contribution in [2.24, 2.45) is 62.6 Å². The Morgan fingerprint density at radius 2 is 1.63 bits per heavy atom. The van der Waals surface area contributed by atoms with Crippen LogP contribution in [0.2, 0.25) is 0 Å². The van der Waals surface area contributed by atoms with E-state index < -0.39 is 6.10 Å². The van der Waals surface area contributed by atoms with E-state index in [4.69, 9.17) is 18.9 Å². The maximum Gasteiger partial charge on any atom is 0.410 e. The topological polar surface area (TPSA) is 97.8 Å². The number of nitrogens with zero attached hydrogens (tertiary/aromatic N) is 2. The van der Waals surface area contributed by atoms with Gasteiger partial charge in [-0.15, -0.1) is 0 Å². The molecule has 14 atom stereocenters. The summed E-state index contributed by atoms with van der Waals surface area (Å²) in [5, 5.41) is 12.7. The number of hydrogen-bond donors (Lipinski definition) is 1. The molecule has 1 N–H and O–H groups in total. The van der Waals surface area contributed by atoms with Crippen molar-refractivity contribution >= 4 is 12.0 Å². The van der Waals surface area contributed by atoms with Crippen molar-refractivity contribution in [1.82, 2.24) is 9.80 Å². The van der Waals surface area contributed by atoms with Crippen LogP contribution in [0.1, 0.15) is 127 Å². The lowest BCUT2D eigenvalue weighted by Gasteiger charge is -2.64. The molecule has 1 unspecified atom stereocenters. The van der Waals surface area contributed by atoms with Gasteiger partial charge in [-0.05, 0) is 115 Å². The van der Waals surface area contributed by atoms with E-state index in [1.165, 1.54) is 25.7 Å². The summed E-state index contributed by atoms with van der Waals surface area (Å²) in [5.74, 6) is 2.38. The monoisotopic (exact) mass is 727 g/mol. The highest BCUT2D eigenvalue weighted by molar-refractivity contribution is 5.76. The molecule has 0 aromatic heterocycles. The van der Waals surface area contributed by atoms with Crippen LogP contribution in [-0.4, -0.2) is 96.5 Å². The first-order valence-electron chi connectivity index (χ1n) is 21.3. The molecule has 0 radical (unpaired) electrons. The van der Waals surface area contributed by atoms with Gasteiger partial charge < -0.3 is 33.9 Å². The number of carbonyl (C=O) groups is 2. The quantitative estimate of drug-likeness (QED) is 0.295. The second-order valence-corrected chi connectivity index (χ2v) is 20.9. The van der Waals surface area contributed by atoms with Gasteiger partial charge in [-0.1, -0.05) is 62.3 Å². The number of fused-ring (bicyclic) bond motifs is 4. The molecular weight excluding hydrogens is 656 g/mol. The molecule has 52 heavy (non-hydrogen) atoms. The van der Waals surface area contributed by atoms with E-state index in [0.29, 0.717) is 55.2 Å². The average Bonchev–Trinajstić information content (AvgIpc) is 3.68. The zero-order valence-corrected chi connectivity index (χ0v) is 33.8. The highest BCUT2D eigenvalue weighted by atomic mass is 16.7. The van der Waals surface area contributed by atoms with Gasteiger partial charge in [0.25, 0.3) is 0 Å². The lowest BCUT2D eigenvalue weighted by Crippen LogP contribution is -2.60. The smallest absolute Gasteiger partial charge is 0.410 e. The van der Waals surface area contributed by atoms with Crippen molar-refractivity contribution in [3.63, 3.8) is 0 Å². The molecule has 2 spiro atoms. The van der Waals surface area contributed by atoms with Crippen LogP contribution >= 0.6 is 0 Å². The van der Waals surface area contributed by atoms with Crippen LogP contribution in [0, 0.1) is 62.6 Å². The van der Waals surface area contributed by atoms with Crippen LogP contribution in [0.15, 0.2) is 0 Å². The number of rotatable bonds is 7. The van der Waals surface area contributed by atoms with Crippen LogP contribution in [0.3, 0.4) is 0 Å². The lowest BCUT2D eigenvalue weighted by atomic mass is 9.41. The van der Waals surface area contributed by atoms with E-state index in [1.54, 1.807) is 4.90 Å². The minimum atomic E-state index is -0.541. The van der Waals surface area contributed by atoms with Crippen molar-refractivity contribution in [1.29, 1.82) is 0 Å². The van der Waals surface area contributed by atoms with Crippen LogP contribution in [0.5, 0.6) is 0 Å². The Kier molecular flexibility index (Phi) is 9.24. The summed E-state index contributed by atoms with van der Waals surface area (Å²) in [6.45, 7) is 23.9. The molecule has 294 valence electrons. The molecule has 5 aliphatic carbocycles. The third-order valence-electron chi connectivity index (χ3n) is 17.4. The van der Waals surface area contributed by atoms with E-state index in [9.17, 15) is 14.7 Å². The molecule has 8 aliphatic rings. The molecule has 5 saturated carbocycles. The van der Waals surface area contributed by atoms with E-state index in [1.807, 2.05) is 4.90 Å². The van der Waals surface area contributed by atoms with Crippen molar-refractivity contribution in [2.75, 3.05) is 32.8 Å². The third-order valence-corrected chi connectivity index (χ3v) is 17.4. The molecule has 0 aromatic rings. The summed E-state index contributed by atoms with van der Waals surface area (Å²) in [6.07, 6.45) is 8.86. The third kappa shape index (κ3) is 5.26. The highest BCUT2D eigenvalue weighted by Gasteiger charge is 2.84. The van der Waals surface area contributed by atoms with E-state index in [-0.39, 0.29) is 76.2 Å². The van der Waals surface area contributed by atoms with Gasteiger partial charge in [0.15, 0.2) is 6.29 Å². The first-order chi connectivity index (χ1) is 24.5. The number of aliphatic hydroxyl groups excluding tert-OH is 1. The van der Waals surface area contributed by atoms with Gasteiger partial charge in [-0.2, -0.15) is 0 Å². The summed E-state index contributed by atoms with van der Waals surface area (Å²) in [7, 11) is 0. The fraction of sp³-hybridized carbons (Fsp3) is 0.953. The molecule has 9 nitrogen and oxygen atoms in total. The van der Waals surface area contributed by atoms with Gasteiger partial charge in [0, 0.05) is 31.5 Å². The fourth-order valence-corrected chi connectivity index (χ4v) is 14.7. The van der Waals surface area contributed by atoms with Crippen LogP contribution in [0.4, 0.5) is 4.79 Å². The van der Waals surface area contributed by atoms with Crippen molar-refractivity contribution < 1.29 is 33.6 Å². The number of hydrogen-bond acceptors (Lipinski definition) is 7. The summed E-state index contributed by atoms with van der Waals surface area (Å²) in [6, 6.07) is 0. The predicted molar refractivity (Wildman–Crippen MR) is 198 cm³/mol. The number of morpholine rings is 1. The largest absolute Gasteiger partial charge is 0.443 e. The summed E-state index contributed by atoms with van der Waals surface area (Å²) in [5.41, 5.74) is 0.307. The standard InChI is InChI=1S/C43H70N2O7/c1-25(2)21-32(46)45-19-20-49-33(23-45)51-31-13-14-42-24-43(42)16-15-40(8)34-27(5)22-28(35(26(3)4)52-38(48)44-17-10-18-44)50-36(34)37(47)41(40,9)30(43)12-11-29(42)39(31,6)7/h25-31,33-37,47H,10-24H2,1-9H3/t27-,28-,29+,30+,31?,33+,34+,35-,36+,37+,40-,41-,42-,43+/m1/s1. The Labute approximate surface area is 313 Å². The SMILES string of the molecule is CC(C)CC(=O)N1CCO[C@@H](OC2CC[C@]34C[C@]35CC[C@]3(C)[C@@H]6[C@H](O[C@@H]([C@H](OC(=O)N7CCC7)C(C)C)C[C@H]6C)[C@H](O)[C@@]3(C)[C@@H]5CC[C@H]4C2(C)C)C1. The summed E-state index contributed by atoms with van der Waals surface area (Å²) >= 11 is 0. The molecule has 0 aromatic carbocycles. The Hall–Kier alpha value is -1.42. The van der Waals surface area contributed by atoms with Crippen molar-refractivity contribution in [3.8, 4) is 0 Å². The Morgan fingerprint density at radius 3 is 2.31 bits per heavy atom. The number of carbonyl (C=O) groups excluding carboxylic acids is 2. The maximum absolute atomic E-state index is 13.0. The number of ether oxygens (including phenoxy) is 4. The summed E-state index contributed by atoms with van der Waals surface area (Å²) in [4.78, 5) is 29.6. The molecule has 3 heterocycles. The molecule has 3 aliphatic heterocycles. The Bertz CT molecular complexity index is 1400. The zero-order valence-electron chi connectivity index (χ0n) is 33.8. The number of amides is 2.